The van der Waals surface area contributed by atoms with E-state index in [1.165, 1.54) is 0 Å². The molecule has 0 aromatic heterocycles. The molecule has 1 heterocycles. The Morgan fingerprint density at radius 3 is 2.07 bits per heavy atom. The Hall–Kier alpha value is -1.85. The molecule has 0 atom stereocenters. The van der Waals surface area contributed by atoms with Crippen LogP contribution in [0.3, 0.4) is 0 Å². The van der Waals surface area contributed by atoms with E-state index in [2.05, 4.69) is 4.84 Å². The number of rotatable bonds is 1. The smallest absolute Gasteiger partial charge is 0.427 e. The van der Waals surface area contributed by atoms with Crippen molar-refractivity contribution in [2.75, 3.05) is 0 Å². The van der Waals surface area contributed by atoms with Gasteiger partial charge in [0.25, 0.3) is 11.8 Å². The van der Waals surface area contributed by atoms with Gasteiger partial charge in [0.15, 0.2) is 0 Å². The van der Waals surface area contributed by atoms with Crippen LogP contribution in [0.1, 0.15) is 20.8 Å². The molecule has 0 fully saturated rings. The van der Waals surface area contributed by atoms with Crippen LogP contribution in [0.2, 0.25) is 0 Å². The molecule has 0 radical (unpaired) electrons. The third kappa shape index (κ3) is 3.08. The maximum Gasteiger partial charge on any atom is 0.534 e. The van der Waals surface area contributed by atoms with Crippen LogP contribution in [-0.2, 0) is 19.2 Å². The first kappa shape index (κ1) is 11.2. The van der Waals surface area contributed by atoms with E-state index >= 15 is 0 Å². The summed E-state index contributed by atoms with van der Waals surface area (Å²) in [6.45, 7) is 4.92. The summed E-state index contributed by atoms with van der Waals surface area (Å²) in [7, 11) is 0. The van der Waals surface area contributed by atoms with Gasteiger partial charge in [-0.15, -0.1) is 0 Å². The molecular weight excluding hydrogens is 202 g/mol. The number of nitrogens with zero attached hydrogens (tertiary/aromatic N) is 1. The van der Waals surface area contributed by atoms with Crippen LogP contribution in [0.25, 0.3) is 0 Å². The highest BCUT2D eigenvalue weighted by Gasteiger charge is 2.30. The molecule has 0 aliphatic carbocycles. The summed E-state index contributed by atoms with van der Waals surface area (Å²) < 4.78 is 4.76. The molecule has 0 unspecified atom stereocenters. The van der Waals surface area contributed by atoms with Crippen molar-refractivity contribution in [3.63, 3.8) is 0 Å². The van der Waals surface area contributed by atoms with E-state index in [-0.39, 0.29) is 0 Å². The van der Waals surface area contributed by atoms with Crippen LogP contribution in [0.4, 0.5) is 4.79 Å². The molecule has 6 heteroatoms. The van der Waals surface area contributed by atoms with Crippen molar-refractivity contribution in [2.24, 2.45) is 0 Å². The SMILES string of the molecule is CC(C)(C)OC(=O)ON1C(=O)C=CC1=O. The van der Waals surface area contributed by atoms with Crippen molar-refractivity contribution in [3.8, 4) is 0 Å². The second kappa shape index (κ2) is 3.72. The molecule has 0 spiro atoms. The van der Waals surface area contributed by atoms with Crippen LogP contribution < -0.4 is 0 Å². The second-order valence-corrected chi connectivity index (χ2v) is 3.86. The van der Waals surface area contributed by atoms with Crippen LogP contribution >= 0.6 is 0 Å². The fourth-order valence-electron chi connectivity index (χ4n) is 0.820. The van der Waals surface area contributed by atoms with Crippen LogP contribution in [0.5, 0.6) is 0 Å². The van der Waals surface area contributed by atoms with Gasteiger partial charge < -0.3 is 4.74 Å². The Kier molecular flexibility index (Phi) is 2.78. The van der Waals surface area contributed by atoms with Crippen molar-refractivity contribution >= 4 is 18.0 Å². The average Bonchev–Trinajstić information content (AvgIpc) is 2.32. The maximum absolute atomic E-state index is 11.1. The predicted molar refractivity (Wildman–Crippen MR) is 48.3 cm³/mol. The van der Waals surface area contributed by atoms with Gasteiger partial charge in [-0.05, 0) is 20.8 Å². The average molecular weight is 213 g/mol. The zero-order valence-corrected chi connectivity index (χ0v) is 8.64. The van der Waals surface area contributed by atoms with E-state index in [0.717, 1.165) is 12.2 Å². The predicted octanol–water partition coefficient (Wildman–Crippen LogP) is 0.778. The van der Waals surface area contributed by atoms with E-state index in [1.807, 2.05) is 0 Å². The molecule has 1 rings (SSSR count). The first-order valence-electron chi connectivity index (χ1n) is 4.27. The lowest BCUT2D eigenvalue weighted by atomic mass is 10.2. The number of amides is 2. The number of hydrogen-bond donors (Lipinski definition) is 0. The van der Waals surface area contributed by atoms with Crippen molar-refractivity contribution < 1.29 is 24.0 Å². The minimum absolute atomic E-state index is 0.341. The van der Waals surface area contributed by atoms with Gasteiger partial charge in [0, 0.05) is 12.2 Å². The standard InChI is InChI=1S/C9H11NO5/c1-9(2,3)14-8(13)15-10-6(11)4-5-7(10)12/h4-5H,1-3H3. The summed E-state index contributed by atoms with van der Waals surface area (Å²) in [5.74, 6) is -1.41. The van der Waals surface area contributed by atoms with Gasteiger partial charge in [-0.1, -0.05) is 5.06 Å². The van der Waals surface area contributed by atoms with E-state index in [4.69, 9.17) is 4.74 Å². The third-order valence-electron chi connectivity index (χ3n) is 1.32. The van der Waals surface area contributed by atoms with Gasteiger partial charge in [-0.3, -0.25) is 14.4 Å². The zero-order valence-electron chi connectivity index (χ0n) is 8.64. The van der Waals surface area contributed by atoms with E-state index in [0.29, 0.717) is 5.06 Å². The molecular formula is C9H11NO5. The fourth-order valence-corrected chi connectivity index (χ4v) is 0.820. The van der Waals surface area contributed by atoms with Gasteiger partial charge >= 0.3 is 6.16 Å². The first-order valence-corrected chi connectivity index (χ1v) is 4.27. The molecule has 0 saturated carbocycles. The van der Waals surface area contributed by atoms with Gasteiger partial charge in [-0.25, -0.2) is 4.79 Å². The van der Waals surface area contributed by atoms with Crippen LogP contribution in [-0.4, -0.2) is 28.6 Å². The number of ether oxygens (including phenoxy) is 1. The molecule has 1 aliphatic heterocycles. The van der Waals surface area contributed by atoms with E-state index in [1.54, 1.807) is 20.8 Å². The number of carbonyl (C=O) groups excluding carboxylic acids is 3. The summed E-state index contributed by atoms with van der Waals surface area (Å²) in [6, 6.07) is 0. The molecule has 0 aromatic carbocycles. The first-order chi connectivity index (χ1) is 6.79. The highest BCUT2D eigenvalue weighted by atomic mass is 16.8. The van der Waals surface area contributed by atoms with Gasteiger partial charge in [0.05, 0.1) is 0 Å². The number of imide groups is 1. The number of hydroxylamine groups is 2. The highest BCUT2D eigenvalue weighted by Crippen LogP contribution is 2.11. The number of carbonyl (C=O) groups is 3. The van der Waals surface area contributed by atoms with Crippen molar-refractivity contribution in [1.29, 1.82) is 0 Å². The molecule has 0 aromatic rings. The third-order valence-corrected chi connectivity index (χ3v) is 1.32. The normalized spacial score (nSPS) is 15.8. The van der Waals surface area contributed by atoms with Gasteiger partial charge in [-0.2, -0.15) is 0 Å². The lowest BCUT2D eigenvalue weighted by Gasteiger charge is -2.20. The van der Waals surface area contributed by atoms with Crippen molar-refractivity contribution in [2.45, 2.75) is 26.4 Å². The molecule has 1 aliphatic rings. The quantitative estimate of drug-likeness (QED) is 0.475. The van der Waals surface area contributed by atoms with E-state index < -0.39 is 23.6 Å². The fraction of sp³-hybridized carbons (Fsp3) is 0.444. The van der Waals surface area contributed by atoms with Crippen molar-refractivity contribution in [1.82, 2.24) is 5.06 Å². The molecule has 2 amide bonds. The molecule has 0 bridgehead atoms. The molecule has 6 nitrogen and oxygen atoms in total. The Balaban J connectivity index is 2.53. The molecule has 0 N–H and O–H groups in total. The Morgan fingerprint density at radius 1 is 1.20 bits per heavy atom. The minimum Gasteiger partial charge on any atom is -0.427 e. The van der Waals surface area contributed by atoms with Gasteiger partial charge in [0.2, 0.25) is 0 Å². The summed E-state index contributed by atoms with van der Waals surface area (Å²) in [4.78, 5) is 37.5. The van der Waals surface area contributed by atoms with Crippen molar-refractivity contribution in [3.05, 3.63) is 12.2 Å². The molecule has 15 heavy (non-hydrogen) atoms. The highest BCUT2D eigenvalue weighted by molar-refractivity contribution is 6.12. The Bertz CT molecular complexity index is 321. The number of hydrogen-bond acceptors (Lipinski definition) is 5. The van der Waals surface area contributed by atoms with Crippen LogP contribution in [0, 0.1) is 0 Å². The zero-order chi connectivity index (χ0) is 11.6. The summed E-state index contributed by atoms with van der Waals surface area (Å²) in [5, 5.41) is 0.341. The Morgan fingerprint density at radius 2 is 1.67 bits per heavy atom. The topological polar surface area (TPSA) is 72.9 Å². The maximum atomic E-state index is 11.1. The Labute approximate surface area is 86.4 Å². The monoisotopic (exact) mass is 213 g/mol. The molecule has 82 valence electrons. The lowest BCUT2D eigenvalue weighted by Crippen LogP contribution is -2.35. The second-order valence-electron chi connectivity index (χ2n) is 3.86. The summed E-state index contributed by atoms with van der Waals surface area (Å²) >= 11 is 0. The summed E-state index contributed by atoms with van der Waals surface area (Å²) in [6.07, 6.45) is 0.923. The summed E-state index contributed by atoms with van der Waals surface area (Å²) in [5.41, 5.74) is -0.740. The minimum atomic E-state index is -1.09. The molecule has 0 saturated heterocycles. The van der Waals surface area contributed by atoms with Gasteiger partial charge in [0.1, 0.15) is 5.60 Å². The largest absolute Gasteiger partial charge is 0.534 e. The van der Waals surface area contributed by atoms with E-state index in [9.17, 15) is 14.4 Å². The lowest BCUT2D eigenvalue weighted by molar-refractivity contribution is -0.178. The van der Waals surface area contributed by atoms with Crippen LogP contribution in [0.15, 0.2) is 12.2 Å².